The van der Waals surface area contributed by atoms with Crippen LogP contribution in [-0.2, 0) is 4.79 Å². The molecule has 0 radical (unpaired) electrons. The van der Waals surface area contributed by atoms with Gasteiger partial charge in [0.15, 0.2) is 5.11 Å². The first kappa shape index (κ1) is 18.9. The van der Waals surface area contributed by atoms with Gasteiger partial charge >= 0.3 is 0 Å². The molecule has 1 heterocycles. The van der Waals surface area contributed by atoms with Crippen molar-refractivity contribution in [2.24, 2.45) is 22.9 Å². The van der Waals surface area contributed by atoms with Crippen molar-refractivity contribution < 1.29 is 9.90 Å². The molecule has 2 aliphatic carbocycles. The number of fused-ring (bicyclic) bond motifs is 2. The van der Waals surface area contributed by atoms with Crippen LogP contribution in [0.15, 0.2) is 41.5 Å². The molecule has 6 nitrogen and oxygen atoms in total. The number of hydrogen-bond donors (Lipinski definition) is 3. The number of hydrazone groups is 1. The Bertz CT molecular complexity index is 801. The number of nitrogens with zero attached hydrogens (tertiary/aromatic N) is 2. The highest BCUT2D eigenvalue weighted by molar-refractivity contribution is 7.80. The number of carbonyl (C=O) groups is 1. The summed E-state index contributed by atoms with van der Waals surface area (Å²) in [6.07, 6.45) is 10.1. The monoisotopic (exact) mass is 398 g/mol. The van der Waals surface area contributed by atoms with Gasteiger partial charge in [-0.2, -0.15) is 5.10 Å². The van der Waals surface area contributed by atoms with E-state index in [1.165, 1.54) is 19.1 Å². The number of benzene rings is 1. The highest BCUT2D eigenvalue weighted by Crippen LogP contribution is 2.39. The van der Waals surface area contributed by atoms with Crippen LogP contribution in [0.3, 0.4) is 0 Å². The molecule has 2 fully saturated rings. The molecular weight excluding hydrogens is 372 g/mol. The molecule has 1 aromatic carbocycles. The van der Waals surface area contributed by atoms with E-state index in [0.717, 1.165) is 37.0 Å². The van der Waals surface area contributed by atoms with Gasteiger partial charge in [0.2, 0.25) is 5.91 Å². The van der Waals surface area contributed by atoms with Crippen molar-refractivity contribution in [3.05, 3.63) is 42.0 Å². The van der Waals surface area contributed by atoms with Crippen LogP contribution in [0.5, 0.6) is 5.75 Å². The average Bonchev–Trinajstić information content (AvgIpc) is 3.32. The van der Waals surface area contributed by atoms with Crippen LogP contribution in [0.4, 0.5) is 0 Å². The van der Waals surface area contributed by atoms with E-state index in [-0.39, 0.29) is 17.6 Å². The molecule has 4 rings (SSSR count). The van der Waals surface area contributed by atoms with Crippen molar-refractivity contribution in [2.75, 3.05) is 13.1 Å². The Morgan fingerprint density at radius 1 is 1.21 bits per heavy atom. The van der Waals surface area contributed by atoms with Gasteiger partial charge in [0.05, 0.1) is 6.21 Å². The first-order valence-corrected chi connectivity index (χ1v) is 10.4. The zero-order valence-electron chi connectivity index (χ0n) is 15.8. The topological polar surface area (TPSA) is 77.0 Å². The molecule has 3 aliphatic rings. The fourth-order valence-corrected chi connectivity index (χ4v) is 4.73. The second-order valence-corrected chi connectivity index (χ2v) is 8.28. The zero-order valence-corrected chi connectivity index (χ0v) is 16.6. The summed E-state index contributed by atoms with van der Waals surface area (Å²) >= 11 is 5.61. The van der Waals surface area contributed by atoms with Crippen LogP contribution in [-0.4, -0.2) is 46.4 Å². The maximum Gasteiger partial charge on any atom is 0.243 e. The molecule has 1 saturated carbocycles. The zero-order chi connectivity index (χ0) is 19.5. The molecule has 3 unspecified atom stereocenters. The number of thiocarbonyl (C=S) groups is 1. The normalized spacial score (nSPS) is 26.7. The van der Waals surface area contributed by atoms with Crippen LogP contribution in [0.2, 0.25) is 0 Å². The lowest BCUT2D eigenvalue weighted by Crippen LogP contribution is -2.49. The second-order valence-electron chi connectivity index (χ2n) is 7.89. The minimum atomic E-state index is -0.0801. The number of likely N-dealkylation sites (tertiary alicyclic amines) is 1. The number of piperidine rings is 1. The summed E-state index contributed by atoms with van der Waals surface area (Å²) in [6, 6.07) is 7.34. The lowest BCUT2D eigenvalue weighted by Gasteiger charge is -2.35. The fraction of sp³-hybridized carbons (Fsp3) is 0.476. The van der Waals surface area contributed by atoms with Crippen molar-refractivity contribution in [3.63, 3.8) is 0 Å². The summed E-state index contributed by atoms with van der Waals surface area (Å²) in [4.78, 5) is 14.5. The van der Waals surface area contributed by atoms with Gasteiger partial charge in [-0.1, -0.05) is 24.3 Å². The van der Waals surface area contributed by atoms with Crippen molar-refractivity contribution in [2.45, 2.75) is 31.7 Å². The summed E-state index contributed by atoms with van der Waals surface area (Å²) in [5.74, 6) is 1.33. The van der Waals surface area contributed by atoms with E-state index in [1.54, 1.807) is 18.2 Å². The maximum absolute atomic E-state index is 12.4. The molecule has 2 bridgehead atoms. The Labute approximate surface area is 170 Å². The predicted octanol–water partition coefficient (Wildman–Crippen LogP) is 2.39. The van der Waals surface area contributed by atoms with E-state index in [4.69, 9.17) is 12.2 Å². The second kappa shape index (κ2) is 8.31. The Balaban J connectivity index is 1.21. The summed E-state index contributed by atoms with van der Waals surface area (Å²) in [6.45, 7) is 1.56. The van der Waals surface area contributed by atoms with E-state index in [0.29, 0.717) is 17.5 Å². The summed E-state index contributed by atoms with van der Waals surface area (Å²) in [5.41, 5.74) is 3.17. The third-order valence-corrected chi connectivity index (χ3v) is 6.43. The number of nitrogens with one attached hydrogen (secondary N) is 2. The molecule has 0 spiro atoms. The quantitative estimate of drug-likeness (QED) is 0.314. The van der Waals surface area contributed by atoms with Gasteiger partial charge in [0, 0.05) is 30.6 Å². The van der Waals surface area contributed by atoms with Crippen molar-refractivity contribution in [3.8, 4) is 5.75 Å². The number of phenols is 1. The Hall–Kier alpha value is -2.41. The minimum Gasteiger partial charge on any atom is -0.507 e. The molecule has 3 atom stereocenters. The predicted molar refractivity (Wildman–Crippen MR) is 113 cm³/mol. The standard InChI is InChI=1S/C21H26N4O2S/c26-19-4-2-1-3-17(19)13-22-24-20(27)15-7-9-25(10-8-15)21(28)23-18-12-14-5-6-16(18)11-14/h1-6,13-16,18,26H,7-12H2,(H,23,28)(H,24,27)/b22-13+. The van der Waals surface area contributed by atoms with E-state index < -0.39 is 0 Å². The van der Waals surface area contributed by atoms with Gasteiger partial charge in [-0.15, -0.1) is 0 Å². The van der Waals surface area contributed by atoms with Crippen LogP contribution in [0.1, 0.15) is 31.2 Å². The van der Waals surface area contributed by atoms with Crippen molar-refractivity contribution >= 4 is 29.5 Å². The molecule has 1 aromatic rings. The van der Waals surface area contributed by atoms with E-state index in [2.05, 4.69) is 32.9 Å². The smallest absolute Gasteiger partial charge is 0.243 e. The van der Waals surface area contributed by atoms with Crippen LogP contribution in [0.25, 0.3) is 0 Å². The summed E-state index contributed by atoms with van der Waals surface area (Å²) in [5, 5.41) is 18.1. The SMILES string of the molecule is O=C(N/N=C/c1ccccc1O)C1CCN(C(=S)NC2CC3C=CC2C3)CC1. The van der Waals surface area contributed by atoms with Gasteiger partial charge < -0.3 is 15.3 Å². The molecule has 3 N–H and O–H groups in total. The van der Waals surface area contributed by atoms with Gasteiger partial charge in [-0.3, -0.25) is 4.79 Å². The average molecular weight is 399 g/mol. The van der Waals surface area contributed by atoms with E-state index in [9.17, 15) is 9.90 Å². The molecule has 1 amide bonds. The Morgan fingerprint density at radius 3 is 2.68 bits per heavy atom. The van der Waals surface area contributed by atoms with Crippen LogP contribution >= 0.6 is 12.2 Å². The van der Waals surface area contributed by atoms with Gasteiger partial charge in [0.1, 0.15) is 5.75 Å². The number of carbonyl (C=O) groups excluding carboxylic acids is 1. The molecule has 28 heavy (non-hydrogen) atoms. The Morgan fingerprint density at radius 2 is 2.00 bits per heavy atom. The van der Waals surface area contributed by atoms with Crippen molar-refractivity contribution in [1.82, 2.24) is 15.6 Å². The number of para-hydroxylation sites is 1. The highest BCUT2D eigenvalue weighted by atomic mass is 32.1. The van der Waals surface area contributed by atoms with E-state index >= 15 is 0 Å². The van der Waals surface area contributed by atoms with Crippen LogP contribution < -0.4 is 10.7 Å². The van der Waals surface area contributed by atoms with E-state index in [1.807, 2.05) is 6.07 Å². The Kier molecular flexibility index (Phi) is 5.62. The maximum atomic E-state index is 12.4. The van der Waals surface area contributed by atoms with Gasteiger partial charge in [-0.05, 0) is 61.9 Å². The van der Waals surface area contributed by atoms with Crippen molar-refractivity contribution in [1.29, 1.82) is 0 Å². The third kappa shape index (κ3) is 4.19. The minimum absolute atomic E-state index is 0.0639. The molecule has 1 aliphatic heterocycles. The number of amides is 1. The summed E-state index contributed by atoms with van der Waals surface area (Å²) < 4.78 is 0. The first-order chi connectivity index (χ1) is 13.6. The molecule has 148 valence electrons. The lowest BCUT2D eigenvalue weighted by atomic mass is 9.96. The fourth-order valence-electron chi connectivity index (χ4n) is 4.39. The molecule has 1 saturated heterocycles. The number of rotatable bonds is 4. The van der Waals surface area contributed by atoms with Gasteiger partial charge in [-0.25, -0.2) is 5.43 Å². The molecule has 0 aromatic heterocycles. The van der Waals surface area contributed by atoms with Crippen LogP contribution in [0, 0.1) is 17.8 Å². The molecule has 7 heteroatoms. The number of aromatic hydroxyl groups is 1. The lowest BCUT2D eigenvalue weighted by molar-refractivity contribution is -0.126. The number of phenolic OH excluding ortho intramolecular Hbond substituents is 1. The molecular formula is C21H26N4O2S. The highest BCUT2D eigenvalue weighted by Gasteiger charge is 2.36. The number of hydrogen-bond acceptors (Lipinski definition) is 4. The largest absolute Gasteiger partial charge is 0.507 e. The summed E-state index contributed by atoms with van der Waals surface area (Å²) in [7, 11) is 0. The number of allylic oxidation sites excluding steroid dienone is 1. The third-order valence-electron chi connectivity index (χ3n) is 6.06. The van der Waals surface area contributed by atoms with Gasteiger partial charge in [0.25, 0.3) is 0 Å². The first-order valence-electron chi connectivity index (χ1n) is 9.95.